The Morgan fingerprint density at radius 2 is 2.05 bits per heavy atom. The molecular weight excluding hydrogens is 262 g/mol. The Balaban J connectivity index is 1.79. The van der Waals surface area contributed by atoms with Gasteiger partial charge in [-0.2, -0.15) is 0 Å². The standard InChI is InChI=1S/C16H29N5/c1-15(2,3)14-11-21(10-13-9-20(4)19-18-13)16(12-17-14)7-5-6-8-16/h9,14,17H,5-8,10-12H2,1-4H3. The summed E-state index contributed by atoms with van der Waals surface area (Å²) in [7, 11) is 1.94. The number of nitrogens with one attached hydrogen (secondary N) is 1. The van der Waals surface area contributed by atoms with Gasteiger partial charge in [0.2, 0.25) is 0 Å². The van der Waals surface area contributed by atoms with Crippen LogP contribution in [0.25, 0.3) is 0 Å². The van der Waals surface area contributed by atoms with Gasteiger partial charge in [-0.25, -0.2) is 0 Å². The lowest BCUT2D eigenvalue weighted by atomic mass is 9.81. The monoisotopic (exact) mass is 291 g/mol. The third kappa shape index (κ3) is 2.99. The first-order chi connectivity index (χ1) is 9.89. The van der Waals surface area contributed by atoms with E-state index in [1.54, 1.807) is 4.68 Å². The maximum absolute atomic E-state index is 4.30. The van der Waals surface area contributed by atoms with Gasteiger partial charge in [0.05, 0.1) is 5.69 Å². The molecule has 1 atom stereocenters. The topological polar surface area (TPSA) is 46.0 Å². The van der Waals surface area contributed by atoms with E-state index in [1.807, 2.05) is 7.05 Å². The predicted octanol–water partition coefficient (Wildman–Crippen LogP) is 1.95. The summed E-state index contributed by atoms with van der Waals surface area (Å²) in [6.07, 6.45) is 7.41. The van der Waals surface area contributed by atoms with Crippen LogP contribution in [-0.4, -0.2) is 44.6 Å². The summed E-state index contributed by atoms with van der Waals surface area (Å²) in [4.78, 5) is 2.69. The average molecular weight is 291 g/mol. The maximum Gasteiger partial charge on any atom is 0.0967 e. The van der Waals surface area contributed by atoms with Crippen molar-refractivity contribution in [3.05, 3.63) is 11.9 Å². The van der Waals surface area contributed by atoms with Crippen LogP contribution in [0.5, 0.6) is 0 Å². The van der Waals surface area contributed by atoms with E-state index in [1.165, 1.54) is 25.7 Å². The largest absolute Gasteiger partial charge is 0.310 e. The van der Waals surface area contributed by atoms with Crippen molar-refractivity contribution in [2.75, 3.05) is 13.1 Å². The summed E-state index contributed by atoms with van der Waals surface area (Å²) in [6.45, 7) is 10.2. The lowest BCUT2D eigenvalue weighted by Gasteiger charge is -2.51. The molecule has 1 N–H and O–H groups in total. The zero-order valence-electron chi connectivity index (χ0n) is 13.9. The Morgan fingerprint density at radius 3 is 2.62 bits per heavy atom. The van der Waals surface area contributed by atoms with Crippen molar-refractivity contribution < 1.29 is 0 Å². The van der Waals surface area contributed by atoms with Gasteiger partial charge >= 0.3 is 0 Å². The maximum atomic E-state index is 4.30. The van der Waals surface area contributed by atoms with Gasteiger partial charge in [-0.3, -0.25) is 9.58 Å². The molecule has 5 heteroatoms. The van der Waals surface area contributed by atoms with Gasteiger partial charge in [0.15, 0.2) is 0 Å². The summed E-state index contributed by atoms with van der Waals surface area (Å²) < 4.78 is 1.81. The number of rotatable bonds is 2. The quantitative estimate of drug-likeness (QED) is 0.904. The number of piperazine rings is 1. The van der Waals surface area contributed by atoms with Crippen molar-refractivity contribution in [1.29, 1.82) is 0 Å². The molecule has 21 heavy (non-hydrogen) atoms. The summed E-state index contributed by atoms with van der Waals surface area (Å²) in [6, 6.07) is 0.542. The van der Waals surface area contributed by atoms with Crippen LogP contribution in [0.15, 0.2) is 6.20 Å². The first-order valence-electron chi connectivity index (χ1n) is 8.23. The molecule has 1 aromatic rings. The van der Waals surface area contributed by atoms with E-state index in [9.17, 15) is 0 Å². The molecule has 1 spiro atoms. The molecule has 2 aliphatic rings. The molecule has 0 bridgehead atoms. The van der Waals surface area contributed by atoms with E-state index in [4.69, 9.17) is 0 Å². The fourth-order valence-corrected chi connectivity index (χ4v) is 3.91. The van der Waals surface area contributed by atoms with E-state index in [-0.39, 0.29) is 0 Å². The number of aromatic nitrogens is 3. The van der Waals surface area contributed by atoms with Crippen molar-refractivity contribution in [2.45, 2.75) is 64.6 Å². The summed E-state index contributed by atoms with van der Waals surface area (Å²) in [5.74, 6) is 0. The second-order valence-corrected chi connectivity index (χ2v) is 8.00. The van der Waals surface area contributed by atoms with Crippen LogP contribution in [0.4, 0.5) is 0 Å². The Labute approximate surface area is 128 Å². The van der Waals surface area contributed by atoms with Gasteiger partial charge < -0.3 is 5.32 Å². The molecule has 118 valence electrons. The molecule has 1 aliphatic carbocycles. The zero-order valence-corrected chi connectivity index (χ0v) is 13.9. The molecule has 1 unspecified atom stereocenters. The Kier molecular flexibility index (Phi) is 3.82. The molecule has 0 amide bonds. The van der Waals surface area contributed by atoms with Crippen LogP contribution >= 0.6 is 0 Å². The van der Waals surface area contributed by atoms with E-state index >= 15 is 0 Å². The minimum atomic E-state index is 0.292. The number of hydrogen-bond acceptors (Lipinski definition) is 4. The number of hydrogen-bond donors (Lipinski definition) is 1. The van der Waals surface area contributed by atoms with Crippen molar-refractivity contribution in [3.63, 3.8) is 0 Å². The highest BCUT2D eigenvalue weighted by atomic mass is 15.4. The lowest BCUT2D eigenvalue weighted by molar-refractivity contribution is 0.00986. The van der Waals surface area contributed by atoms with Gasteiger partial charge in [0, 0.05) is 44.5 Å². The SMILES string of the molecule is Cn1cc(CN2CC(C(C)(C)C)NCC23CCCC3)nn1. The fourth-order valence-electron chi connectivity index (χ4n) is 3.91. The van der Waals surface area contributed by atoms with Gasteiger partial charge in [-0.15, -0.1) is 5.10 Å². The van der Waals surface area contributed by atoms with Crippen LogP contribution in [-0.2, 0) is 13.6 Å². The number of aryl methyl sites for hydroxylation is 1. The first kappa shape index (κ1) is 15.0. The third-order valence-electron chi connectivity index (χ3n) is 5.33. The highest BCUT2D eigenvalue weighted by molar-refractivity contribution is 5.06. The van der Waals surface area contributed by atoms with E-state index in [2.05, 4.69) is 47.5 Å². The van der Waals surface area contributed by atoms with Crippen molar-refractivity contribution >= 4 is 0 Å². The Hall–Kier alpha value is -0.940. The minimum Gasteiger partial charge on any atom is -0.310 e. The molecule has 1 aromatic heterocycles. The van der Waals surface area contributed by atoms with Gasteiger partial charge in [-0.1, -0.05) is 38.8 Å². The van der Waals surface area contributed by atoms with Crippen molar-refractivity contribution in [1.82, 2.24) is 25.2 Å². The minimum absolute atomic E-state index is 0.292. The molecule has 0 radical (unpaired) electrons. The summed E-state index contributed by atoms with van der Waals surface area (Å²) >= 11 is 0. The van der Waals surface area contributed by atoms with Gasteiger partial charge in [-0.05, 0) is 18.3 Å². The average Bonchev–Trinajstić information content (AvgIpc) is 3.01. The molecule has 3 rings (SSSR count). The van der Waals surface area contributed by atoms with Crippen molar-refractivity contribution in [3.8, 4) is 0 Å². The van der Waals surface area contributed by atoms with E-state index < -0.39 is 0 Å². The predicted molar refractivity (Wildman–Crippen MR) is 83.9 cm³/mol. The molecule has 5 nitrogen and oxygen atoms in total. The zero-order chi connectivity index (χ0) is 15.1. The van der Waals surface area contributed by atoms with Crippen molar-refractivity contribution in [2.24, 2.45) is 12.5 Å². The van der Waals surface area contributed by atoms with Crippen LogP contribution < -0.4 is 5.32 Å². The molecule has 2 fully saturated rings. The summed E-state index contributed by atoms with van der Waals surface area (Å²) in [5, 5.41) is 12.2. The van der Waals surface area contributed by atoms with Crippen LogP contribution in [0.3, 0.4) is 0 Å². The van der Waals surface area contributed by atoms with E-state index in [0.29, 0.717) is 17.0 Å². The molecule has 1 aliphatic heterocycles. The normalized spacial score (nSPS) is 26.6. The molecular formula is C16H29N5. The van der Waals surface area contributed by atoms with Gasteiger partial charge in [0.25, 0.3) is 0 Å². The fraction of sp³-hybridized carbons (Fsp3) is 0.875. The smallest absolute Gasteiger partial charge is 0.0967 e. The van der Waals surface area contributed by atoms with Crippen LogP contribution in [0, 0.1) is 5.41 Å². The van der Waals surface area contributed by atoms with Gasteiger partial charge in [0.1, 0.15) is 0 Å². The van der Waals surface area contributed by atoms with E-state index in [0.717, 1.165) is 25.3 Å². The highest BCUT2D eigenvalue weighted by Crippen LogP contribution is 2.39. The second kappa shape index (κ2) is 5.36. The third-order valence-corrected chi connectivity index (χ3v) is 5.33. The Morgan fingerprint density at radius 1 is 1.33 bits per heavy atom. The number of nitrogens with zero attached hydrogens (tertiary/aromatic N) is 4. The molecule has 2 heterocycles. The lowest BCUT2D eigenvalue weighted by Crippen LogP contribution is -2.65. The molecule has 0 aromatic carbocycles. The Bertz CT molecular complexity index is 481. The molecule has 1 saturated carbocycles. The second-order valence-electron chi connectivity index (χ2n) is 8.00. The highest BCUT2D eigenvalue weighted by Gasteiger charge is 2.45. The van der Waals surface area contributed by atoms with Crippen LogP contribution in [0.1, 0.15) is 52.1 Å². The summed E-state index contributed by atoms with van der Waals surface area (Å²) in [5.41, 5.74) is 1.73. The van der Waals surface area contributed by atoms with Crippen LogP contribution in [0.2, 0.25) is 0 Å². The molecule has 1 saturated heterocycles. The first-order valence-corrected chi connectivity index (χ1v) is 8.23.